The molecule has 112 valence electrons. The molecule has 1 atom stereocenters. The van der Waals surface area contributed by atoms with E-state index in [1.54, 1.807) is 11.3 Å². The predicted molar refractivity (Wildman–Crippen MR) is 87.5 cm³/mol. The lowest BCUT2D eigenvalue weighted by Crippen LogP contribution is -2.40. The van der Waals surface area contributed by atoms with Crippen LogP contribution in [-0.2, 0) is 19.5 Å². The number of thiophene rings is 1. The first kappa shape index (κ1) is 14.7. The van der Waals surface area contributed by atoms with E-state index in [1.165, 1.54) is 16.0 Å². The van der Waals surface area contributed by atoms with E-state index in [-0.39, 0.29) is 6.10 Å². The Morgan fingerprint density at radius 1 is 1.19 bits per heavy atom. The predicted octanol–water partition coefficient (Wildman–Crippen LogP) is 2.26. The Kier molecular flexibility index (Phi) is 5.04. The molecule has 1 aliphatic rings. The van der Waals surface area contributed by atoms with Crippen LogP contribution < -0.4 is 5.32 Å². The molecule has 2 heterocycles. The Labute approximate surface area is 130 Å². The van der Waals surface area contributed by atoms with Crippen LogP contribution in [-0.4, -0.2) is 35.7 Å². The maximum atomic E-state index is 10.2. The summed E-state index contributed by atoms with van der Waals surface area (Å²) in [5.41, 5.74) is 2.86. The van der Waals surface area contributed by atoms with Crippen molar-refractivity contribution in [1.82, 2.24) is 10.2 Å². The van der Waals surface area contributed by atoms with E-state index in [0.717, 1.165) is 32.6 Å². The van der Waals surface area contributed by atoms with Crippen LogP contribution in [0.25, 0.3) is 0 Å². The Bertz CT molecular complexity index is 556. The first-order chi connectivity index (χ1) is 10.3. The molecule has 3 rings (SSSR count). The van der Waals surface area contributed by atoms with Gasteiger partial charge in [0.15, 0.2) is 0 Å². The molecule has 0 fully saturated rings. The van der Waals surface area contributed by atoms with E-state index in [2.05, 4.69) is 52.0 Å². The summed E-state index contributed by atoms with van der Waals surface area (Å²) >= 11 is 1.75. The van der Waals surface area contributed by atoms with Crippen LogP contribution in [0, 0.1) is 0 Å². The molecule has 1 aromatic carbocycles. The lowest BCUT2D eigenvalue weighted by molar-refractivity contribution is 0.104. The molecule has 0 saturated carbocycles. The van der Waals surface area contributed by atoms with E-state index in [1.807, 2.05) is 0 Å². The van der Waals surface area contributed by atoms with Gasteiger partial charge in [-0.15, -0.1) is 11.3 Å². The molecule has 2 N–H and O–H groups in total. The normalized spacial score (nSPS) is 16.6. The van der Waals surface area contributed by atoms with Gasteiger partial charge in [0, 0.05) is 37.6 Å². The highest BCUT2D eigenvalue weighted by molar-refractivity contribution is 7.09. The van der Waals surface area contributed by atoms with Crippen LogP contribution in [0.1, 0.15) is 16.0 Å². The molecule has 0 bridgehead atoms. The molecule has 0 radical (unpaired) electrons. The Morgan fingerprint density at radius 3 is 2.86 bits per heavy atom. The number of β-amino-alcohol motifs (C(OH)–C–C–N with tert-alkyl or cyclic N) is 1. The molecule has 0 aliphatic carbocycles. The summed E-state index contributed by atoms with van der Waals surface area (Å²) in [6.07, 6.45) is 0.779. The molecule has 0 saturated heterocycles. The van der Waals surface area contributed by atoms with Crippen LogP contribution >= 0.6 is 11.3 Å². The minimum absolute atomic E-state index is 0.310. The second-order valence-electron chi connectivity index (χ2n) is 5.62. The van der Waals surface area contributed by atoms with Crippen molar-refractivity contribution in [2.45, 2.75) is 25.6 Å². The molecule has 0 spiro atoms. The largest absolute Gasteiger partial charge is 0.390 e. The van der Waals surface area contributed by atoms with Gasteiger partial charge in [0.05, 0.1) is 6.10 Å². The molecule has 4 heteroatoms. The number of aliphatic hydroxyl groups excluding tert-OH is 1. The number of rotatable bonds is 6. The standard InChI is InChI=1S/C17H22N2OS/c20-16(10-18-11-17-6-3-9-21-17)13-19-8-7-14-4-1-2-5-15(14)12-19/h1-6,9,16,18,20H,7-8,10-13H2/t16-/m1/s1. The number of nitrogens with one attached hydrogen (secondary N) is 1. The van der Waals surface area contributed by atoms with E-state index in [0.29, 0.717) is 6.54 Å². The molecule has 21 heavy (non-hydrogen) atoms. The number of hydrogen-bond donors (Lipinski definition) is 2. The van der Waals surface area contributed by atoms with Crippen LogP contribution in [0.2, 0.25) is 0 Å². The monoisotopic (exact) mass is 302 g/mol. The third-order valence-electron chi connectivity index (χ3n) is 3.94. The van der Waals surface area contributed by atoms with Gasteiger partial charge in [0.2, 0.25) is 0 Å². The van der Waals surface area contributed by atoms with Gasteiger partial charge in [0.25, 0.3) is 0 Å². The summed E-state index contributed by atoms with van der Waals surface area (Å²) in [5.74, 6) is 0. The highest BCUT2D eigenvalue weighted by Gasteiger charge is 2.18. The second kappa shape index (κ2) is 7.18. The van der Waals surface area contributed by atoms with Gasteiger partial charge >= 0.3 is 0 Å². The quantitative estimate of drug-likeness (QED) is 0.859. The van der Waals surface area contributed by atoms with Crippen molar-refractivity contribution in [3.8, 4) is 0 Å². The SMILES string of the molecule is O[C@H](CNCc1cccs1)CN1CCc2ccccc2C1. The first-order valence-corrected chi connectivity index (χ1v) is 8.39. The summed E-state index contributed by atoms with van der Waals surface area (Å²) in [6, 6.07) is 12.8. The summed E-state index contributed by atoms with van der Waals surface area (Å²) < 4.78 is 0. The van der Waals surface area contributed by atoms with Gasteiger partial charge in [0.1, 0.15) is 0 Å². The van der Waals surface area contributed by atoms with Crippen molar-refractivity contribution in [3.63, 3.8) is 0 Å². The van der Waals surface area contributed by atoms with Gasteiger partial charge in [-0.1, -0.05) is 30.3 Å². The molecule has 3 nitrogen and oxygen atoms in total. The highest BCUT2D eigenvalue weighted by Crippen LogP contribution is 2.18. The molecule has 0 amide bonds. The van der Waals surface area contributed by atoms with E-state index < -0.39 is 0 Å². The Morgan fingerprint density at radius 2 is 2.05 bits per heavy atom. The fraction of sp³-hybridized carbons (Fsp3) is 0.412. The maximum Gasteiger partial charge on any atom is 0.0791 e. The molecular weight excluding hydrogens is 280 g/mol. The maximum absolute atomic E-state index is 10.2. The van der Waals surface area contributed by atoms with Crippen molar-refractivity contribution in [2.24, 2.45) is 0 Å². The van der Waals surface area contributed by atoms with Crippen LogP contribution in [0.4, 0.5) is 0 Å². The minimum atomic E-state index is -0.310. The average Bonchev–Trinajstić information content (AvgIpc) is 3.00. The number of fused-ring (bicyclic) bond motifs is 1. The third kappa shape index (κ3) is 4.14. The number of benzene rings is 1. The zero-order valence-electron chi connectivity index (χ0n) is 12.2. The Hall–Kier alpha value is -1.20. The Balaban J connectivity index is 1.42. The average molecular weight is 302 g/mol. The highest BCUT2D eigenvalue weighted by atomic mass is 32.1. The van der Waals surface area contributed by atoms with Gasteiger partial charge in [-0.25, -0.2) is 0 Å². The first-order valence-electron chi connectivity index (χ1n) is 7.51. The molecule has 2 aromatic rings. The topological polar surface area (TPSA) is 35.5 Å². The fourth-order valence-corrected chi connectivity index (χ4v) is 3.52. The smallest absolute Gasteiger partial charge is 0.0791 e. The van der Waals surface area contributed by atoms with Crippen molar-refractivity contribution in [3.05, 3.63) is 57.8 Å². The summed E-state index contributed by atoms with van der Waals surface area (Å²) in [4.78, 5) is 3.66. The second-order valence-corrected chi connectivity index (χ2v) is 6.65. The summed E-state index contributed by atoms with van der Waals surface area (Å²) in [6.45, 7) is 4.23. The van der Waals surface area contributed by atoms with E-state index >= 15 is 0 Å². The van der Waals surface area contributed by atoms with Crippen LogP contribution in [0.5, 0.6) is 0 Å². The molecule has 1 aliphatic heterocycles. The summed E-state index contributed by atoms with van der Waals surface area (Å²) in [7, 11) is 0. The van der Waals surface area contributed by atoms with Gasteiger partial charge in [-0.3, -0.25) is 4.90 Å². The van der Waals surface area contributed by atoms with Crippen molar-refractivity contribution < 1.29 is 5.11 Å². The lowest BCUT2D eigenvalue weighted by atomic mass is 10.00. The number of nitrogens with zero attached hydrogens (tertiary/aromatic N) is 1. The van der Waals surface area contributed by atoms with Crippen LogP contribution in [0.3, 0.4) is 0 Å². The van der Waals surface area contributed by atoms with Crippen molar-refractivity contribution in [1.29, 1.82) is 0 Å². The van der Waals surface area contributed by atoms with Gasteiger partial charge in [-0.2, -0.15) is 0 Å². The summed E-state index contributed by atoms with van der Waals surface area (Å²) in [5, 5.41) is 15.6. The molecule has 1 aromatic heterocycles. The number of aliphatic hydroxyl groups is 1. The minimum Gasteiger partial charge on any atom is -0.390 e. The third-order valence-corrected chi connectivity index (χ3v) is 4.81. The van der Waals surface area contributed by atoms with Gasteiger partial charge in [-0.05, 0) is 29.0 Å². The van der Waals surface area contributed by atoms with Crippen molar-refractivity contribution in [2.75, 3.05) is 19.6 Å². The van der Waals surface area contributed by atoms with E-state index in [9.17, 15) is 5.11 Å². The van der Waals surface area contributed by atoms with Crippen molar-refractivity contribution >= 4 is 11.3 Å². The number of hydrogen-bond acceptors (Lipinski definition) is 4. The molecule has 0 unspecified atom stereocenters. The van der Waals surface area contributed by atoms with Crippen LogP contribution in [0.15, 0.2) is 41.8 Å². The lowest BCUT2D eigenvalue weighted by Gasteiger charge is -2.30. The zero-order chi connectivity index (χ0) is 14.5. The zero-order valence-corrected chi connectivity index (χ0v) is 13.0. The van der Waals surface area contributed by atoms with E-state index in [4.69, 9.17) is 0 Å². The van der Waals surface area contributed by atoms with Gasteiger partial charge < -0.3 is 10.4 Å². The molecular formula is C17H22N2OS. The fourth-order valence-electron chi connectivity index (χ4n) is 2.85.